The van der Waals surface area contributed by atoms with Crippen molar-refractivity contribution in [2.24, 2.45) is 0 Å². The Kier molecular flexibility index (Phi) is 6.82. The van der Waals surface area contributed by atoms with Crippen LogP contribution in [0.15, 0.2) is 59.0 Å². The Morgan fingerprint density at radius 1 is 1.34 bits per heavy atom. The zero-order valence-electron chi connectivity index (χ0n) is 16.2. The van der Waals surface area contributed by atoms with E-state index < -0.39 is 0 Å². The molecule has 0 aliphatic rings. The third-order valence-electron chi connectivity index (χ3n) is 4.55. The van der Waals surface area contributed by atoms with Crippen molar-refractivity contribution in [3.05, 3.63) is 81.0 Å². The van der Waals surface area contributed by atoms with Gasteiger partial charge in [0.05, 0.1) is 27.4 Å². The summed E-state index contributed by atoms with van der Waals surface area (Å²) in [6.45, 7) is 7.73. The molecule has 1 atom stereocenters. The van der Waals surface area contributed by atoms with Crippen molar-refractivity contribution in [3.63, 3.8) is 0 Å². The van der Waals surface area contributed by atoms with Crippen LogP contribution >= 0.6 is 27.3 Å². The molecular formula is C22H21BrFN3OS. The first-order valence-corrected chi connectivity index (χ1v) is 10.8. The second kappa shape index (κ2) is 9.33. The summed E-state index contributed by atoms with van der Waals surface area (Å²) in [6.07, 6.45) is 5.83. The number of halogens is 2. The lowest BCUT2D eigenvalue weighted by Gasteiger charge is -2.17. The minimum Gasteiger partial charge on any atom is -0.344 e. The average molecular weight is 474 g/mol. The van der Waals surface area contributed by atoms with E-state index in [0.717, 1.165) is 15.1 Å². The minimum atomic E-state index is -0.319. The summed E-state index contributed by atoms with van der Waals surface area (Å²) in [4.78, 5) is 14.2. The number of rotatable bonds is 7. The van der Waals surface area contributed by atoms with Crippen LogP contribution in [0.3, 0.4) is 0 Å². The second-order valence-corrected chi connectivity index (χ2v) is 8.81. The van der Waals surface area contributed by atoms with E-state index in [2.05, 4.69) is 32.9 Å². The Balaban J connectivity index is 1.90. The largest absolute Gasteiger partial charge is 0.344 e. The molecule has 1 unspecified atom stereocenters. The maximum Gasteiger partial charge on any atom is 0.252 e. The lowest BCUT2D eigenvalue weighted by molar-refractivity contribution is -0.116. The van der Waals surface area contributed by atoms with E-state index in [9.17, 15) is 9.18 Å². The van der Waals surface area contributed by atoms with Gasteiger partial charge in [0.1, 0.15) is 5.82 Å². The molecule has 3 aromatic rings. The normalized spacial score (nSPS) is 12.6. The predicted octanol–water partition coefficient (Wildman–Crippen LogP) is 6.15. The molecule has 29 heavy (non-hydrogen) atoms. The van der Waals surface area contributed by atoms with Gasteiger partial charge in [0, 0.05) is 16.0 Å². The first-order chi connectivity index (χ1) is 14.0. The van der Waals surface area contributed by atoms with E-state index in [1.54, 1.807) is 46.5 Å². The summed E-state index contributed by atoms with van der Waals surface area (Å²) in [5.41, 5.74) is 2.55. The van der Waals surface area contributed by atoms with Crippen molar-refractivity contribution in [1.82, 2.24) is 15.1 Å². The number of thiophene rings is 1. The molecule has 0 aliphatic carbocycles. The second-order valence-electron chi connectivity index (χ2n) is 6.31. The van der Waals surface area contributed by atoms with Crippen molar-refractivity contribution >= 4 is 44.8 Å². The highest BCUT2D eigenvalue weighted by Crippen LogP contribution is 2.30. The molecule has 0 bridgehead atoms. The SMILES string of the molecule is C=Cc1c(/C(=C\C)C(=O)NC(CC)c2ccc(Br)s2)cnn1-c1ccc(F)cc1. The van der Waals surface area contributed by atoms with Gasteiger partial charge in [-0.3, -0.25) is 4.79 Å². The lowest BCUT2D eigenvalue weighted by Crippen LogP contribution is -2.28. The van der Waals surface area contributed by atoms with Gasteiger partial charge in [-0.1, -0.05) is 19.6 Å². The Hall–Kier alpha value is -2.51. The molecule has 1 amide bonds. The number of nitrogens with zero attached hydrogens (tertiary/aromatic N) is 2. The molecule has 3 rings (SSSR count). The van der Waals surface area contributed by atoms with Crippen LogP contribution in [0.5, 0.6) is 0 Å². The van der Waals surface area contributed by atoms with Gasteiger partial charge in [-0.15, -0.1) is 11.3 Å². The van der Waals surface area contributed by atoms with E-state index in [4.69, 9.17) is 0 Å². The van der Waals surface area contributed by atoms with Crippen LogP contribution in [-0.4, -0.2) is 15.7 Å². The molecule has 0 saturated carbocycles. The third kappa shape index (κ3) is 4.57. The lowest BCUT2D eigenvalue weighted by atomic mass is 10.0. The van der Waals surface area contributed by atoms with Gasteiger partial charge in [0.25, 0.3) is 5.91 Å². The minimum absolute atomic E-state index is 0.0759. The summed E-state index contributed by atoms with van der Waals surface area (Å²) < 4.78 is 15.9. The Labute approximate surface area is 181 Å². The molecule has 1 N–H and O–H groups in total. The molecule has 0 spiro atoms. The van der Waals surface area contributed by atoms with Crippen molar-refractivity contribution in [2.75, 3.05) is 0 Å². The summed E-state index contributed by atoms with van der Waals surface area (Å²) in [5, 5.41) is 7.51. The van der Waals surface area contributed by atoms with Gasteiger partial charge < -0.3 is 5.32 Å². The number of hydrogen-bond acceptors (Lipinski definition) is 3. The molecule has 2 aromatic heterocycles. The number of carbonyl (C=O) groups excluding carboxylic acids is 1. The number of allylic oxidation sites excluding steroid dienone is 1. The highest BCUT2D eigenvalue weighted by molar-refractivity contribution is 9.11. The first-order valence-electron chi connectivity index (χ1n) is 9.17. The van der Waals surface area contributed by atoms with E-state index >= 15 is 0 Å². The quantitative estimate of drug-likeness (QED) is 0.418. The Morgan fingerprint density at radius 3 is 2.62 bits per heavy atom. The molecule has 0 radical (unpaired) electrons. The van der Waals surface area contributed by atoms with E-state index in [-0.39, 0.29) is 17.8 Å². The van der Waals surface area contributed by atoms with Crippen molar-refractivity contribution in [1.29, 1.82) is 0 Å². The number of hydrogen-bond donors (Lipinski definition) is 1. The van der Waals surface area contributed by atoms with E-state index in [1.807, 2.05) is 26.0 Å². The highest BCUT2D eigenvalue weighted by Gasteiger charge is 2.22. The number of amides is 1. The predicted molar refractivity (Wildman–Crippen MR) is 120 cm³/mol. The number of aromatic nitrogens is 2. The monoisotopic (exact) mass is 473 g/mol. The van der Waals surface area contributed by atoms with Crippen LogP contribution in [0, 0.1) is 5.82 Å². The summed E-state index contributed by atoms with van der Waals surface area (Å²) in [5.74, 6) is -0.494. The summed E-state index contributed by atoms with van der Waals surface area (Å²) in [7, 11) is 0. The average Bonchev–Trinajstić information content (AvgIpc) is 3.33. The Bertz CT molecular complexity index is 1050. The van der Waals surface area contributed by atoms with Crippen molar-refractivity contribution in [3.8, 4) is 5.69 Å². The van der Waals surface area contributed by atoms with Gasteiger partial charge in [0.2, 0.25) is 0 Å². The standard InChI is InChI=1S/C22H21BrFN3OS/c1-4-16(22(28)26-18(5-2)20-11-12-21(23)29-20)17-13-25-27(19(17)6-3)15-9-7-14(24)8-10-15/h4,6-13,18H,3,5H2,1-2H3,(H,26,28)/b16-4+. The summed E-state index contributed by atoms with van der Waals surface area (Å²) >= 11 is 5.08. The smallest absolute Gasteiger partial charge is 0.252 e. The fourth-order valence-corrected chi connectivity index (χ4v) is 4.64. The van der Waals surface area contributed by atoms with Crippen molar-refractivity contribution in [2.45, 2.75) is 26.3 Å². The van der Waals surface area contributed by atoms with Crippen LogP contribution in [0.25, 0.3) is 17.3 Å². The molecule has 1 aromatic carbocycles. The number of benzene rings is 1. The fourth-order valence-electron chi connectivity index (χ4n) is 3.08. The maximum absolute atomic E-state index is 13.3. The van der Waals surface area contributed by atoms with Crippen LogP contribution in [0.1, 0.15) is 42.4 Å². The molecule has 4 nitrogen and oxygen atoms in total. The summed E-state index contributed by atoms with van der Waals surface area (Å²) in [6, 6.07) is 9.93. The molecule has 0 aliphatic heterocycles. The topological polar surface area (TPSA) is 46.9 Å². The zero-order valence-corrected chi connectivity index (χ0v) is 18.6. The van der Waals surface area contributed by atoms with Crippen LogP contribution in [0.4, 0.5) is 4.39 Å². The molecule has 0 saturated heterocycles. The van der Waals surface area contributed by atoms with Gasteiger partial charge in [0.15, 0.2) is 0 Å². The maximum atomic E-state index is 13.3. The van der Waals surface area contributed by atoms with E-state index in [1.165, 1.54) is 12.1 Å². The van der Waals surface area contributed by atoms with Crippen molar-refractivity contribution < 1.29 is 9.18 Å². The van der Waals surface area contributed by atoms with E-state index in [0.29, 0.717) is 22.5 Å². The molecular weight excluding hydrogens is 453 g/mol. The molecule has 0 fully saturated rings. The van der Waals surface area contributed by atoms with Crippen LogP contribution in [-0.2, 0) is 4.79 Å². The zero-order chi connectivity index (χ0) is 21.0. The van der Waals surface area contributed by atoms with Gasteiger partial charge in [-0.2, -0.15) is 5.10 Å². The highest BCUT2D eigenvalue weighted by atomic mass is 79.9. The number of nitrogens with one attached hydrogen (secondary N) is 1. The molecule has 7 heteroatoms. The van der Waals surface area contributed by atoms with Crippen LogP contribution < -0.4 is 5.32 Å². The van der Waals surface area contributed by atoms with Gasteiger partial charge in [-0.25, -0.2) is 9.07 Å². The fraction of sp³-hybridized carbons (Fsp3) is 0.182. The molecule has 150 valence electrons. The first kappa shape index (κ1) is 21.2. The molecule has 2 heterocycles. The van der Waals surface area contributed by atoms with Crippen LogP contribution in [0.2, 0.25) is 0 Å². The van der Waals surface area contributed by atoms with Gasteiger partial charge in [-0.05, 0) is 71.7 Å². The van der Waals surface area contributed by atoms with Gasteiger partial charge >= 0.3 is 0 Å². The third-order valence-corrected chi connectivity index (χ3v) is 6.28. The number of carbonyl (C=O) groups is 1. The Morgan fingerprint density at radius 2 is 2.07 bits per heavy atom.